The number of carbonyl (C=O) groups excluding carboxylic acids is 1. The third-order valence-electron chi connectivity index (χ3n) is 4.18. The summed E-state index contributed by atoms with van der Waals surface area (Å²) in [5, 5.41) is 0. The second-order valence-corrected chi connectivity index (χ2v) is 7.18. The molecule has 1 nitrogen and oxygen atoms in total. The van der Waals surface area contributed by atoms with Crippen LogP contribution in [0, 0.1) is 0 Å². The van der Waals surface area contributed by atoms with Crippen molar-refractivity contribution in [1.82, 2.24) is 0 Å². The second-order valence-electron chi connectivity index (χ2n) is 4.80. The van der Waals surface area contributed by atoms with Crippen LogP contribution in [-0.2, 0) is 23.9 Å². The first-order valence-electron chi connectivity index (χ1n) is 5.73. The zero-order valence-electron chi connectivity index (χ0n) is 9.81. The van der Waals surface area contributed by atoms with Gasteiger partial charge in [-0.2, -0.15) is 0 Å². The van der Waals surface area contributed by atoms with Crippen LogP contribution in [0.1, 0.15) is 46.5 Å². The van der Waals surface area contributed by atoms with Crippen molar-refractivity contribution in [2.24, 2.45) is 0 Å². The predicted molar refractivity (Wildman–Crippen MR) is 59.0 cm³/mol. The maximum atomic E-state index is 10.9. The Balaban J connectivity index is 2.47. The van der Waals surface area contributed by atoms with Crippen LogP contribution in [-0.4, -0.2) is 4.59 Å². The SMILES string of the molecule is CC1=C(C)[C](C)([Ti][CH]=O)C2=C1CCCC2. The summed E-state index contributed by atoms with van der Waals surface area (Å²) in [5.74, 6) is 0. The molecule has 0 saturated carbocycles. The Labute approximate surface area is 101 Å². The van der Waals surface area contributed by atoms with E-state index in [1.54, 1.807) is 11.1 Å². The molecule has 80 valence electrons. The van der Waals surface area contributed by atoms with Gasteiger partial charge in [0.15, 0.2) is 0 Å². The molecule has 2 rings (SSSR count). The van der Waals surface area contributed by atoms with E-state index in [4.69, 9.17) is 0 Å². The standard InChI is InChI=1S/C12H17.CHO.Ti/c1-8-9(2)11-6-4-5-7-12(11)10(8)3;1-2;/h4-7H2,1-3H3;1H;. The van der Waals surface area contributed by atoms with Crippen LogP contribution in [0.4, 0.5) is 0 Å². The van der Waals surface area contributed by atoms with E-state index in [0.717, 1.165) is 0 Å². The second kappa shape index (κ2) is 4.03. The van der Waals surface area contributed by atoms with E-state index in [1.165, 1.54) is 41.4 Å². The molecule has 2 heteroatoms. The van der Waals surface area contributed by atoms with Gasteiger partial charge in [0.25, 0.3) is 0 Å². The Kier molecular flexibility index (Phi) is 3.05. The minimum atomic E-state index is -0.509. The number of hydrogen-bond donors (Lipinski definition) is 0. The van der Waals surface area contributed by atoms with E-state index in [2.05, 4.69) is 20.8 Å². The molecule has 0 N–H and O–H groups in total. The van der Waals surface area contributed by atoms with Gasteiger partial charge in [-0.15, -0.1) is 0 Å². The van der Waals surface area contributed by atoms with Gasteiger partial charge in [-0.05, 0) is 0 Å². The Hall–Kier alpha value is -0.136. The van der Waals surface area contributed by atoms with Gasteiger partial charge in [0, 0.05) is 0 Å². The molecule has 0 spiro atoms. The van der Waals surface area contributed by atoms with Crippen molar-refractivity contribution in [2.45, 2.75) is 50.2 Å². The fourth-order valence-electron chi connectivity index (χ4n) is 3.01. The Morgan fingerprint density at radius 1 is 1.27 bits per heavy atom. The van der Waals surface area contributed by atoms with E-state index in [9.17, 15) is 4.79 Å². The van der Waals surface area contributed by atoms with E-state index >= 15 is 0 Å². The molecule has 15 heavy (non-hydrogen) atoms. The van der Waals surface area contributed by atoms with Gasteiger partial charge in [0.1, 0.15) is 0 Å². The Bertz CT molecular complexity index is 365. The van der Waals surface area contributed by atoms with Crippen molar-refractivity contribution in [1.29, 1.82) is 0 Å². The summed E-state index contributed by atoms with van der Waals surface area (Å²) < 4.78 is 1.39. The van der Waals surface area contributed by atoms with Gasteiger partial charge in [0.05, 0.1) is 0 Å². The van der Waals surface area contributed by atoms with Crippen molar-refractivity contribution < 1.29 is 23.9 Å². The van der Waals surface area contributed by atoms with E-state index in [1.807, 2.05) is 0 Å². The van der Waals surface area contributed by atoms with Crippen LogP contribution in [0.2, 0.25) is 3.72 Å². The van der Waals surface area contributed by atoms with E-state index < -0.39 is 19.2 Å². The fraction of sp³-hybridized carbons (Fsp3) is 0.615. The molecule has 1 atom stereocenters. The van der Waals surface area contributed by atoms with Crippen LogP contribution in [0.5, 0.6) is 0 Å². The predicted octanol–water partition coefficient (Wildman–Crippen LogP) is 3.66. The van der Waals surface area contributed by atoms with Crippen molar-refractivity contribution in [2.75, 3.05) is 0 Å². The fourth-order valence-corrected chi connectivity index (χ4v) is 4.71. The zero-order chi connectivity index (χ0) is 11.1. The molecular weight excluding hydrogens is 220 g/mol. The minimum absolute atomic E-state index is 0.182. The summed E-state index contributed by atoms with van der Waals surface area (Å²) in [4.78, 5) is 10.9. The van der Waals surface area contributed by atoms with Crippen LogP contribution >= 0.6 is 0 Å². The molecule has 0 aromatic heterocycles. The number of carbonyl (C=O) groups is 1. The summed E-state index contributed by atoms with van der Waals surface area (Å²) in [6, 6.07) is 0. The summed E-state index contributed by atoms with van der Waals surface area (Å²) in [6.07, 6.45) is 5.14. The number of allylic oxidation sites excluding steroid dienone is 4. The first-order valence-corrected chi connectivity index (χ1v) is 7.41. The molecular formula is C13H18OTi. The third-order valence-corrected chi connectivity index (χ3v) is 6.33. The van der Waals surface area contributed by atoms with Crippen LogP contribution in [0.15, 0.2) is 22.3 Å². The van der Waals surface area contributed by atoms with Crippen LogP contribution in [0.3, 0.4) is 0 Å². The molecule has 0 bridgehead atoms. The molecule has 1 unspecified atom stereocenters. The van der Waals surface area contributed by atoms with Gasteiger partial charge in [-0.1, -0.05) is 0 Å². The van der Waals surface area contributed by atoms with Gasteiger partial charge < -0.3 is 0 Å². The van der Waals surface area contributed by atoms with E-state index in [-0.39, 0.29) is 3.72 Å². The topological polar surface area (TPSA) is 17.1 Å². The molecule has 2 aliphatic rings. The summed E-state index contributed by atoms with van der Waals surface area (Å²) >= 11 is -0.509. The Morgan fingerprint density at radius 2 is 1.93 bits per heavy atom. The summed E-state index contributed by atoms with van der Waals surface area (Å²) in [6.45, 7) is 6.78. The molecule has 0 fully saturated rings. The maximum absolute atomic E-state index is 10.9. The molecule has 0 saturated heterocycles. The first kappa shape index (κ1) is 11.4. The van der Waals surface area contributed by atoms with Gasteiger partial charge in [0.2, 0.25) is 0 Å². The average molecular weight is 238 g/mol. The van der Waals surface area contributed by atoms with Crippen molar-refractivity contribution >= 4 is 4.59 Å². The van der Waals surface area contributed by atoms with Crippen molar-refractivity contribution in [3.05, 3.63) is 22.3 Å². The van der Waals surface area contributed by atoms with Crippen LogP contribution < -0.4 is 0 Å². The molecule has 2 aliphatic carbocycles. The number of hydrogen-bond acceptors (Lipinski definition) is 1. The zero-order valence-corrected chi connectivity index (χ0v) is 11.4. The molecule has 0 aliphatic heterocycles. The molecule has 0 heterocycles. The summed E-state index contributed by atoms with van der Waals surface area (Å²) in [5.41, 5.74) is 6.21. The molecule has 0 radical (unpaired) electrons. The quantitative estimate of drug-likeness (QED) is 0.530. The molecule has 0 aromatic carbocycles. The average Bonchev–Trinajstić information content (AvgIpc) is 2.43. The summed E-state index contributed by atoms with van der Waals surface area (Å²) in [7, 11) is 0. The first-order chi connectivity index (χ1) is 7.11. The van der Waals surface area contributed by atoms with E-state index in [0.29, 0.717) is 0 Å². The third kappa shape index (κ3) is 1.61. The van der Waals surface area contributed by atoms with Crippen molar-refractivity contribution in [3.63, 3.8) is 0 Å². The van der Waals surface area contributed by atoms with Gasteiger partial charge in [-0.3, -0.25) is 0 Å². The molecule has 0 amide bonds. The molecule has 0 aromatic rings. The van der Waals surface area contributed by atoms with Crippen molar-refractivity contribution in [3.8, 4) is 0 Å². The monoisotopic (exact) mass is 238 g/mol. The van der Waals surface area contributed by atoms with Crippen LogP contribution in [0.25, 0.3) is 0 Å². The van der Waals surface area contributed by atoms with Gasteiger partial charge in [-0.25, -0.2) is 0 Å². The van der Waals surface area contributed by atoms with Gasteiger partial charge >= 0.3 is 101 Å². The normalized spacial score (nSPS) is 30.6. The Morgan fingerprint density at radius 3 is 2.60 bits per heavy atom. The number of rotatable bonds is 2.